The number of rotatable bonds is 13. The molecular formula is C29H29F2N8O10PS. The number of aromatic nitrogens is 6. The molecule has 1 aromatic carbocycles. The number of carbonyl (C=O) groups excluding carboxylic acids is 1. The highest BCUT2D eigenvalue weighted by atomic mass is 32.5. The van der Waals surface area contributed by atoms with Crippen LogP contribution in [0.25, 0.3) is 11.2 Å². The summed E-state index contributed by atoms with van der Waals surface area (Å²) in [5.74, 6) is -0.424. The minimum atomic E-state index is -4.07. The zero-order valence-electron chi connectivity index (χ0n) is 26.1. The van der Waals surface area contributed by atoms with Gasteiger partial charge >= 0.3 is 12.4 Å². The van der Waals surface area contributed by atoms with Gasteiger partial charge in [-0.15, -0.1) is 0 Å². The summed E-state index contributed by atoms with van der Waals surface area (Å²) >= 11 is 5.48. The number of hydrogen-bond donors (Lipinski definition) is 4. The largest absolute Gasteiger partial charge is 0.394 e. The van der Waals surface area contributed by atoms with Gasteiger partial charge in [0.05, 0.1) is 38.6 Å². The number of alkyl halides is 2. The molecule has 270 valence electrons. The van der Waals surface area contributed by atoms with E-state index in [2.05, 4.69) is 20.3 Å². The number of carbonyl (C=O) groups is 1. The first kappa shape index (κ1) is 36.4. The predicted molar refractivity (Wildman–Crippen MR) is 173 cm³/mol. The molecular weight excluding hydrogens is 721 g/mol. The lowest BCUT2D eigenvalue weighted by atomic mass is 10.1. The number of anilines is 1. The van der Waals surface area contributed by atoms with E-state index in [1.807, 2.05) is 11.1 Å². The summed E-state index contributed by atoms with van der Waals surface area (Å²) in [5, 5.41) is 32.4. The molecule has 9 atom stereocenters. The summed E-state index contributed by atoms with van der Waals surface area (Å²) in [6.45, 7) is -5.83. The van der Waals surface area contributed by atoms with E-state index in [4.69, 9.17) is 40.1 Å². The fourth-order valence-corrected chi connectivity index (χ4v) is 7.49. The van der Waals surface area contributed by atoms with Gasteiger partial charge in [-0.25, -0.2) is 28.5 Å². The van der Waals surface area contributed by atoms with Crippen LogP contribution in [0.3, 0.4) is 0 Å². The summed E-state index contributed by atoms with van der Waals surface area (Å²) in [5.41, 5.74) is -1.17. The Kier molecular flexibility index (Phi) is 11.1. The van der Waals surface area contributed by atoms with Crippen LogP contribution in [0.5, 0.6) is 0 Å². The number of aliphatic hydroxyl groups excluding tert-OH is 2. The molecule has 1 amide bonds. The van der Waals surface area contributed by atoms with Gasteiger partial charge < -0.3 is 34.1 Å². The van der Waals surface area contributed by atoms with Crippen molar-refractivity contribution < 1.29 is 46.8 Å². The van der Waals surface area contributed by atoms with E-state index in [1.54, 1.807) is 30.3 Å². The van der Waals surface area contributed by atoms with Crippen LogP contribution in [0.15, 0.2) is 64.8 Å². The number of ether oxygens (including phenoxy) is 2. The van der Waals surface area contributed by atoms with E-state index in [0.717, 1.165) is 23.2 Å². The fraction of sp³-hybridized carbons (Fsp3) is 0.414. The van der Waals surface area contributed by atoms with E-state index in [1.165, 1.54) is 10.9 Å². The Bertz CT molecular complexity index is 2080. The van der Waals surface area contributed by atoms with Gasteiger partial charge in [-0.2, -0.15) is 5.26 Å². The van der Waals surface area contributed by atoms with Crippen molar-refractivity contribution in [2.24, 2.45) is 0 Å². The lowest BCUT2D eigenvalue weighted by Crippen LogP contribution is -2.37. The number of hydrogen-bond acceptors (Lipinski definition) is 15. The van der Waals surface area contributed by atoms with Crippen LogP contribution < -0.4 is 16.6 Å². The monoisotopic (exact) mass is 750 g/mol. The van der Waals surface area contributed by atoms with Gasteiger partial charge in [0.1, 0.15) is 30.7 Å². The summed E-state index contributed by atoms with van der Waals surface area (Å²) in [4.78, 5) is 50.9. The second kappa shape index (κ2) is 15.5. The number of nitrogens with one attached hydrogen (secondary N) is 2. The summed E-state index contributed by atoms with van der Waals surface area (Å²) in [7, 11) is 0. The van der Waals surface area contributed by atoms with Crippen LogP contribution >= 0.6 is 6.72 Å². The number of benzene rings is 1. The van der Waals surface area contributed by atoms with E-state index in [0.29, 0.717) is 5.56 Å². The molecule has 6 rings (SSSR count). The molecule has 3 aromatic heterocycles. The molecule has 0 radical (unpaired) electrons. The van der Waals surface area contributed by atoms with Crippen LogP contribution in [-0.4, -0.2) is 102 Å². The van der Waals surface area contributed by atoms with E-state index in [9.17, 15) is 24.6 Å². The Labute approximate surface area is 290 Å². The van der Waals surface area contributed by atoms with Crippen LogP contribution in [0, 0.1) is 11.3 Å². The molecule has 0 bridgehead atoms. The molecule has 4 N–H and O–H groups in total. The maximum Gasteiger partial charge on any atom is 0.330 e. The number of nitriles is 1. The third-order valence-corrected chi connectivity index (χ3v) is 10.2. The third-order valence-electron chi connectivity index (χ3n) is 7.88. The molecule has 2 saturated heterocycles. The molecule has 2 aliphatic heterocycles. The van der Waals surface area contributed by atoms with Gasteiger partial charge in [0, 0.05) is 17.8 Å². The van der Waals surface area contributed by atoms with Crippen molar-refractivity contribution in [3.05, 3.63) is 81.7 Å². The van der Waals surface area contributed by atoms with Crippen molar-refractivity contribution in [2.75, 3.05) is 25.1 Å². The number of fused-ring (bicyclic) bond motifs is 1. The molecule has 1 unspecified atom stereocenters. The number of aliphatic hydroxyl groups is 2. The number of nitrogens with zero attached hydrogens (tertiary/aromatic N) is 6. The van der Waals surface area contributed by atoms with Crippen molar-refractivity contribution in [1.82, 2.24) is 29.1 Å². The highest BCUT2D eigenvalue weighted by Crippen LogP contribution is 2.54. The Balaban J connectivity index is 1.17. The second-order valence-corrected chi connectivity index (χ2v) is 14.1. The van der Waals surface area contributed by atoms with Crippen molar-refractivity contribution >= 4 is 41.4 Å². The third kappa shape index (κ3) is 7.64. The van der Waals surface area contributed by atoms with Crippen molar-refractivity contribution in [2.45, 2.75) is 55.6 Å². The summed E-state index contributed by atoms with van der Waals surface area (Å²) < 4.78 is 61.7. The lowest BCUT2D eigenvalue weighted by Gasteiger charge is -2.28. The van der Waals surface area contributed by atoms with Gasteiger partial charge in [-0.1, -0.05) is 18.2 Å². The first-order chi connectivity index (χ1) is 24.5. The molecule has 0 saturated carbocycles. The average Bonchev–Trinajstić information content (AvgIpc) is 3.78. The quantitative estimate of drug-likeness (QED) is 0.110. The topological polar surface area (TPSA) is 238 Å². The molecule has 4 aromatic rings. The maximum absolute atomic E-state index is 15.8. The Hall–Kier alpha value is -4.36. The Morgan fingerprint density at radius 1 is 1.08 bits per heavy atom. The Morgan fingerprint density at radius 2 is 1.82 bits per heavy atom. The molecule has 0 aliphatic carbocycles. The van der Waals surface area contributed by atoms with E-state index >= 15 is 8.78 Å². The summed E-state index contributed by atoms with van der Waals surface area (Å²) in [6.07, 6.45) is -10.4. The normalized spacial score (nSPS) is 27.3. The molecule has 2 aliphatic rings. The standard InChI is InChI=1S/C29H29F2N8O10PS/c30-19-22(42)17(48-27(19)39-14-35-21-24(33-13-34-25(21)39)37-26(43)15-5-2-1-3-6-15)12-46-50(51,45-10-4-8-32)49-23-16(11-40)47-28(20(23)31)38-9-7-18(41)36-29(38)44/h1-3,5-7,9,13-14,16-17,19-20,22-23,27-28,40,42H,4,10-12H2,(H,36,41,44)(H,33,34,37,43)/t16-,17-,19-,20-,22-,23-,27-,28-,50?/m1/s1. The number of H-pyrrole nitrogens is 1. The number of aromatic amines is 1. The van der Waals surface area contributed by atoms with Crippen LogP contribution in [0.2, 0.25) is 0 Å². The van der Waals surface area contributed by atoms with Crippen LogP contribution in [0.4, 0.5) is 14.6 Å². The van der Waals surface area contributed by atoms with Gasteiger partial charge in [0.25, 0.3) is 11.5 Å². The molecule has 51 heavy (non-hydrogen) atoms. The molecule has 0 spiro atoms. The summed E-state index contributed by atoms with van der Waals surface area (Å²) in [6, 6.07) is 11.2. The molecule has 22 heteroatoms. The van der Waals surface area contributed by atoms with E-state index in [-0.39, 0.29) is 30.0 Å². The smallest absolute Gasteiger partial charge is 0.330 e. The van der Waals surface area contributed by atoms with Gasteiger partial charge in [-0.3, -0.25) is 28.2 Å². The first-order valence-corrected chi connectivity index (χ1v) is 17.8. The lowest BCUT2D eigenvalue weighted by molar-refractivity contribution is -0.0550. The average molecular weight is 751 g/mol. The van der Waals surface area contributed by atoms with E-state index < -0.39 is 86.3 Å². The van der Waals surface area contributed by atoms with Gasteiger partial charge in [0.2, 0.25) is 0 Å². The highest BCUT2D eigenvalue weighted by molar-refractivity contribution is 8.07. The minimum absolute atomic E-state index is 0.0460. The van der Waals surface area contributed by atoms with Crippen LogP contribution in [0.1, 0.15) is 29.2 Å². The zero-order chi connectivity index (χ0) is 36.3. The predicted octanol–water partition coefficient (Wildman–Crippen LogP) is 1.01. The molecule has 18 nitrogen and oxygen atoms in total. The van der Waals surface area contributed by atoms with Crippen molar-refractivity contribution in [3.8, 4) is 6.07 Å². The number of imidazole rings is 1. The fourth-order valence-electron chi connectivity index (χ4n) is 5.40. The molecule has 2 fully saturated rings. The van der Waals surface area contributed by atoms with Gasteiger partial charge in [-0.05, 0) is 23.9 Å². The van der Waals surface area contributed by atoms with Gasteiger partial charge in [0.15, 0.2) is 41.8 Å². The number of halogens is 2. The van der Waals surface area contributed by atoms with Crippen molar-refractivity contribution in [1.29, 1.82) is 5.26 Å². The second-order valence-electron chi connectivity index (χ2n) is 11.1. The molecule has 5 heterocycles. The zero-order valence-corrected chi connectivity index (χ0v) is 27.8. The maximum atomic E-state index is 15.8. The number of amides is 1. The first-order valence-electron chi connectivity index (χ1n) is 15.2. The Morgan fingerprint density at radius 3 is 2.55 bits per heavy atom. The minimum Gasteiger partial charge on any atom is -0.394 e. The van der Waals surface area contributed by atoms with Crippen LogP contribution in [-0.2, 0) is 34.9 Å². The van der Waals surface area contributed by atoms with Crippen molar-refractivity contribution in [3.63, 3.8) is 0 Å². The SMILES string of the molecule is N#CCCOP(=S)(OC[C@H]1O[C@@H](n2cnc3c(NC(=O)c4ccccc4)ncnc32)[C@H](F)[C@@H]1O)O[C@H]1[C@@H](F)[C@H](n2ccc(=O)[nH]c2=O)O[C@@H]1CO. The highest BCUT2D eigenvalue weighted by Gasteiger charge is 2.51.